The summed E-state index contributed by atoms with van der Waals surface area (Å²) in [6.07, 6.45) is 0.574. The van der Waals surface area contributed by atoms with Crippen LogP contribution in [-0.4, -0.2) is 39.8 Å². The third kappa shape index (κ3) is 7.61. The molecular formula is C7H16NO6P. The number of hydrogen-bond acceptors (Lipinski definition) is 6. The van der Waals surface area contributed by atoms with E-state index in [1.165, 1.54) is 7.11 Å². The molecule has 0 aliphatic heterocycles. The molecule has 0 spiro atoms. The molecule has 0 amide bonds. The van der Waals surface area contributed by atoms with Crippen LogP contribution in [0.25, 0.3) is 0 Å². The number of aldehydes is 1. The number of ether oxygens (including phenoxy) is 1. The van der Waals surface area contributed by atoms with E-state index in [0.29, 0.717) is 12.8 Å². The maximum absolute atomic E-state index is 11.0. The molecule has 2 unspecified atom stereocenters. The number of methoxy groups -OCH3 is 1. The van der Waals surface area contributed by atoms with Gasteiger partial charge in [0.05, 0.1) is 25.7 Å². The summed E-state index contributed by atoms with van der Waals surface area (Å²) in [7, 11) is -2.89. The van der Waals surface area contributed by atoms with Crippen molar-refractivity contribution in [1.82, 2.24) is 0 Å². The molecule has 0 aromatic heterocycles. The molecular weight excluding hydrogens is 225 g/mol. The Labute approximate surface area is 88.1 Å². The van der Waals surface area contributed by atoms with E-state index in [4.69, 9.17) is 0 Å². The van der Waals surface area contributed by atoms with Crippen molar-refractivity contribution in [2.24, 2.45) is 5.92 Å². The van der Waals surface area contributed by atoms with Gasteiger partial charge in [-0.3, -0.25) is 4.57 Å². The molecule has 0 bridgehead atoms. The summed E-state index contributed by atoms with van der Waals surface area (Å²) in [6.45, 7) is 0.135. The van der Waals surface area contributed by atoms with Crippen LogP contribution in [-0.2, 0) is 23.1 Å². The molecule has 0 aliphatic rings. The second-order valence-corrected chi connectivity index (χ2v) is 4.19. The highest BCUT2D eigenvalue weighted by atomic mass is 31.2. The minimum absolute atomic E-state index is 0.0309. The minimum Gasteiger partial charge on any atom is -0.756 e. The normalized spacial score (nSPS) is 17.0. The molecule has 7 nitrogen and oxygen atoms in total. The SMILES string of the molecule is COCC(C=O)COP(=O)([O-])OCC[NH3+]. The fourth-order valence-electron chi connectivity index (χ4n) is 0.741. The number of phosphoric acid groups is 1. The Morgan fingerprint density at radius 1 is 1.47 bits per heavy atom. The molecule has 15 heavy (non-hydrogen) atoms. The van der Waals surface area contributed by atoms with E-state index >= 15 is 0 Å². The van der Waals surface area contributed by atoms with E-state index in [1.807, 2.05) is 0 Å². The molecule has 0 aromatic rings. The quantitative estimate of drug-likeness (QED) is 0.376. The number of phosphoric ester groups is 1. The summed E-state index contributed by atoms with van der Waals surface area (Å²) in [4.78, 5) is 21.4. The topological polar surface area (TPSA) is 113 Å². The largest absolute Gasteiger partial charge is 0.756 e. The van der Waals surface area contributed by atoms with E-state index in [0.717, 1.165) is 0 Å². The Kier molecular flexibility index (Phi) is 7.76. The predicted molar refractivity (Wildman–Crippen MR) is 48.7 cm³/mol. The summed E-state index contributed by atoms with van der Waals surface area (Å²) >= 11 is 0. The lowest BCUT2D eigenvalue weighted by Gasteiger charge is -2.23. The third-order valence-electron chi connectivity index (χ3n) is 1.41. The Morgan fingerprint density at radius 3 is 2.60 bits per heavy atom. The molecule has 0 fully saturated rings. The van der Waals surface area contributed by atoms with Crippen molar-refractivity contribution in [3.05, 3.63) is 0 Å². The van der Waals surface area contributed by atoms with E-state index in [9.17, 15) is 14.3 Å². The highest BCUT2D eigenvalue weighted by Crippen LogP contribution is 2.38. The first-order valence-electron chi connectivity index (χ1n) is 4.39. The second kappa shape index (κ2) is 7.92. The van der Waals surface area contributed by atoms with Gasteiger partial charge in [0, 0.05) is 7.11 Å². The third-order valence-corrected chi connectivity index (χ3v) is 2.38. The average molecular weight is 241 g/mol. The molecule has 3 N–H and O–H groups in total. The predicted octanol–water partition coefficient (Wildman–Crippen LogP) is -1.81. The average Bonchev–Trinajstić information content (AvgIpc) is 2.21. The molecule has 90 valence electrons. The molecule has 0 aromatic carbocycles. The van der Waals surface area contributed by atoms with Crippen LogP contribution in [0.1, 0.15) is 0 Å². The number of quaternary nitrogens is 1. The van der Waals surface area contributed by atoms with Crippen LogP contribution in [0.3, 0.4) is 0 Å². The van der Waals surface area contributed by atoms with Gasteiger partial charge >= 0.3 is 0 Å². The molecule has 0 heterocycles. The first kappa shape index (κ1) is 14.7. The van der Waals surface area contributed by atoms with Gasteiger partial charge in [0.2, 0.25) is 0 Å². The van der Waals surface area contributed by atoms with Gasteiger partial charge in [0.25, 0.3) is 7.82 Å². The maximum Gasteiger partial charge on any atom is 0.268 e. The van der Waals surface area contributed by atoms with Gasteiger partial charge in [-0.1, -0.05) is 0 Å². The zero-order chi connectivity index (χ0) is 11.7. The smallest absolute Gasteiger partial charge is 0.268 e. The van der Waals surface area contributed by atoms with E-state index in [1.54, 1.807) is 0 Å². The Hall–Kier alpha value is -0.300. The van der Waals surface area contributed by atoms with Crippen LogP contribution in [0.15, 0.2) is 0 Å². The van der Waals surface area contributed by atoms with Gasteiger partial charge in [-0.15, -0.1) is 0 Å². The lowest BCUT2D eigenvalue weighted by atomic mass is 10.2. The van der Waals surface area contributed by atoms with Crippen molar-refractivity contribution < 1.29 is 33.8 Å². The zero-order valence-corrected chi connectivity index (χ0v) is 9.48. The van der Waals surface area contributed by atoms with Gasteiger partial charge in [-0.25, -0.2) is 0 Å². The minimum atomic E-state index is -4.30. The van der Waals surface area contributed by atoms with Crippen molar-refractivity contribution in [2.45, 2.75) is 0 Å². The fourth-order valence-corrected chi connectivity index (χ4v) is 1.54. The van der Waals surface area contributed by atoms with Crippen LogP contribution >= 0.6 is 7.82 Å². The zero-order valence-electron chi connectivity index (χ0n) is 8.59. The lowest BCUT2D eigenvalue weighted by molar-refractivity contribution is -0.373. The first-order valence-corrected chi connectivity index (χ1v) is 5.85. The lowest BCUT2D eigenvalue weighted by Crippen LogP contribution is -2.52. The number of carbonyl (C=O) groups excluding carboxylic acids is 1. The first-order chi connectivity index (χ1) is 7.05. The van der Waals surface area contributed by atoms with Gasteiger partial charge < -0.3 is 29.2 Å². The molecule has 0 radical (unpaired) electrons. The van der Waals surface area contributed by atoms with Crippen molar-refractivity contribution in [3.63, 3.8) is 0 Å². The summed E-state index contributed by atoms with van der Waals surface area (Å²) in [5.74, 6) is -0.611. The second-order valence-electron chi connectivity index (χ2n) is 2.78. The van der Waals surface area contributed by atoms with E-state index in [-0.39, 0.29) is 19.8 Å². The summed E-state index contributed by atoms with van der Waals surface area (Å²) in [5.41, 5.74) is 3.41. The van der Waals surface area contributed by atoms with Gasteiger partial charge in [0.1, 0.15) is 12.9 Å². The summed E-state index contributed by atoms with van der Waals surface area (Å²) in [5, 5.41) is 0. The number of rotatable bonds is 9. The monoisotopic (exact) mass is 241 g/mol. The molecule has 8 heteroatoms. The van der Waals surface area contributed by atoms with Crippen LogP contribution < -0.4 is 10.6 Å². The maximum atomic E-state index is 11.0. The molecule has 0 aliphatic carbocycles. The summed E-state index contributed by atoms with van der Waals surface area (Å²) in [6, 6.07) is 0. The molecule has 0 rings (SSSR count). The molecule has 0 saturated heterocycles. The highest BCUT2D eigenvalue weighted by Gasteiger charge is 2.14. The standard InChI is InChI=1S/C7H16NO6P/c1-12-5-7(4-9)6-14-15(10,11)13-3-2-8/h4,7H,2-3,5-6,8H2,1H3,(H,10,11). The van der Waals surface area contributed by atoms with Crippen molar-refractivity contribution in [1.29, 1.82) is 0 Å². The van der Waals surface area contributed by atoms with Crippen molar-refractivity contribution >= 4 is 14.1 Å². The van der Waals surface area contributed by atoms with Crippen LogP contribution in [0.4, 0.5) is 0 Å². The van der Waals surface area contributed by atoms with Crippen molar-refractivity contribution in [2.75, 3.05) is 33.5 Å². The Balaban J connectivity index is 3.89. The fraction of sp³-hybridized carbons (Fsp3) is 0.857. The van der Waals surface area contributed by atoms with Crippen molar-refractivity contribution in [3.8, 4) is 0 Å². The van der Waals surface area contributed by atoms with Gasteiger partial charge in [-0.2, -0.15) is 0 Å². The molecule has 0 saturated carbocycles. The Morgan fingerprint density at radius 2 is 2.13 bits per heavy atom. The van der Waals surface area contributed by atoms with Crippen LogP contribution in [0.2, 0.25) is 0 Å². The van der Waals surface area contributed by atoms with Crippen LogP contribution in [0.5, 0.6) is 0 Å². The number of hydrogen-bond donors (Lipinski definition) is 1. The Bertz CT molecular complexity index is 224. The van der Waals surface area contributed by atoms with Gasteiger partial charge in [0.15, 0.2) is 0 Å². The van der Waals surface area contributed by atoms with E-state index < -0.39 is 13.7 Å². The summed E-state index contributed by atoms with van der Waals surface area (Å²) < 4.78 is 24.6. The molecule has 2 atom stereocenters. The highest BCUT2D eigenvalue weighted by molar-refractivity contribution is 7.45. The van der Waals surface area contributed by atoms with Gasteiger partial charge in [-0.05, 0) is 0 Å². The van der Waals surface area contributed by atoms with Crippen LogP contribution in [0, 0.1) is 5.92 Å². The number of carbonyl (C=O) groups is 1. The van der Waals surface area contributed by atoms with E-state index in [2.05, 4.69) is 19.5 Å².